The number of carbonyl (C=O) groups excluding carboxylic acids is 2. The third-order valence-electron chi connectivity index (χ3n) is 5.76. The number of nitrogens with zero attached hydrogens (tertiary/aromatic N) is 2. The van der Waals surface area contributed by atoms with Gasteiger partial charge in [0.15, 0.2) is 22.9 Å². The van der Waals surface area contributed by atoms with E-state index in [9.17, 15) is 14.7 Å². The number of hydrogen-bond acceptors (Lipinski definition) is 7. The minimum Gasteiger partial charge on any atom is -0.503 e. The van der Waals surface area contributed by atoms with Crippen molar-refractivity contribution in [2.75, 3.05) is 19.1 Å². The average Bonchev–Trinajstić information content (AvgIpc) is 3.42. The number of Topliss-reactive ketones (excluding diaryl/α,β-unsaturated/α-hetero) is 1. The summed E-state index contributed by atoms with van der Waals surface area (Å²) in [5, 5.41) is 11.9. The molecule has 1 unspecified atom stereocenters. The van der Waals surface area contributed by atoms with Crippen LogP contribution in [0.2, 0.25) is 5.02 Å². The van der Waals surface area contributed by atoms with Gasteiger partial charge in [-0.15, -0.1) is 0 Å². The first-order valence-corrected chi connectivity index (χ1v) is 10.9. The van der Waals surface area contributed by atoms with Gasteiger partial charge in [-0.2, -0.15) is 0 Å². The fraction of sp³-hybridized carbons (Fsp3) is 0.115. The molecule has 1 aliphatic heterocycles. The molecular weight excluding hydrogens is 472 g/mol. The molecule has 9 heteroatoms. The number of carbonyl (C=O) groups is 2. The lowest BCUT2D eigenvalue weighted by Gasteiger charge is -2.27. The molecule has 8 nitrogen and oxygen atoms in total. The lowest BCUT2D eigenvalue weighted by atomic mass is 9.98. The Hall–Kier alpha value is -4.30. The number of pyridine rings is 1. The second-order valence-electron chi connectivity index (χ2n) is 7.73. The highest BCUT2D eigenvalue weighted by Crippen LogP contribution is 2.44. The maximum Gasteiger partial charge on any atom is 0.294 e. The smallest absolute Gasteiger partial charge is 0.294 e. The SMILES string of the molecule is COc1ccccc1N1C(=O)C(O)=C(C(=O)c2cc3cc(Cl)cc(OC)c3o2)C1c1ccccn1. The van der Waals surface area contributed by atoms with Gasteiger partial charge in [-0.3, -0.25) is 19.5 Å². The van der Waals surface area contributed by atoms with Crippen molar-refractivity contribution in [1.29, 1.82) is 0 Å². The number of ketones is 1. The molecule has 2 aromatic carbocycles. The molecule has 0 spiro atoms. The predicted octanol–water partition coefficient (Wildman–Crippen LogP) is 5.28. The molecule has 1 amide bonds. The maximum absolute atomic E-state index is 13.7. The van der Waals surface area contributed by atoms with Gasteiger partial charge in [-0.05, 0) is 36.4 Å². The van der Waals surface area contributed by atoms with Crippen molar-refractivity contribution in [3.63, 3.8) is 0 Å². The van der Waals surface area contributed by atoms with Crippen molar-refractivity contribution < 1.29 is 28.6 Å². The predicted molar refractivity (Wildman–Crippen MR) is 129 cm³/mol. The molecule has 0 bridgehead atoms. The minimum absolute atomic E-state index is 0.0854. The summed E-state index contributed by atoms with van der Waals surface area (Å²) in [4.78, 5) is 32.7. The zero-order valence-electron chi connectivity index (χ0n) is 18.7. The van der Waals surface area contributed by atoms with Gasteiger partial charge < -0.3 is 19.0 Å². The first-order valence-electron chi connectivity index (χ1n) is 10.6. The number of furan rings is 1. The highest BCUT2D eigenvalue weighted by atomic mass is 35.5. The molecule has 1 aliphatic rings. The number of methoxy groups -OCH3 is 2. The molecule has 5 rings (SSSR count). The number of rotatable bonds is 6. The second kappa shape index (κ2) is 8.81. The number of aromatic nitrogens is 1. The summed E-state index contributed by atoms with van der Waals surface area (Å²) in [6.45, 7) is 0. The summed E-state index contributed by atoms with van der Waals surface area (Å²) in [7, 11) is 2.93. The van der Waals surface area contributed by atoms with E-state index in [-0.39, 0.29) is 11.3 Å². The quantitative estimate of drug-likeness (QED) is 0.367. The molecule has 35 heavy (non-hydrogen) atoms. The van der Waals surface area contributed by atoms with Crippen molar-refractivity contribution in [3.05, 3.63) is 94.7 Å². The molecule has 0 saturated heterocycles. The van der Waals surface area contributed by atoms with E-state index in [4.69, 9.17) is 25.5 Å². The summed E-state index contributed by atoms with van der Waals surface area (Å²) >= 11 is 6.15. The average molecular weight is 491 g/mol. The molecule has 0 saturated carbocycles. The van der Waals surface area contributed by atoms with Crippen molar-refractivity contribution in [2.45, 2.75) is 6.04 Å². The molecule has 4 aromatic rings. The molecule has 2 aromatic heterocycles. The van der Waals surface area contributed by atoms with Crippen molar-refractivity contribution in [3.8, 4) is 11.5 Å². The lowest BCUT2D eigenvalue weighted by Crippen LogP contribution is -2.31. The Morgan fingerprint density at radius 1 is 1.06 bits per heavy atom. The van der Waals surface area contributed by atoms with Crippen LogP contribution in [-0.4, -0.2) is 36.0 Å². The van der Waals surface area contributed by atoms with E-state index in [1.807, 2.05) is 0 Å². The van der Waals surface area contributed by atoms with E-state index in [0.29, 0.717) is 38.9 Å². The minimum atomic E-state index is -1.02. The van der Waals surface area contributed by atoms with E-state index in [0.717, 1.165) is 0 Å². The molecule has 0 radical (unpaired) electrons. The van der Waals surface area contributed by atoms with Crippen LogP contribution >= 0.6 is 11.6 Å². The van der Waals surface area contributed by atoms with Crippen molar-refractivity contribution in [2.24, 2.45) is 0 Å². The van der Waals surface area contributed by atoms with Crippen molar-refractivity contribution >= 4 is 39.9 Å². The molecule has 176 valence electrons. The normalized spacial score (nSPS) is 15.7. The van der Waals surface area contributed by atoms with Crippen LogP contribution in [-0.2, 0) is 4.79 Å². The topological polar surface area (TPSA) is 102 Å². The maximum atomic E-state index is 13.7. The van der Waals surface area contributed by atoms with E-state index in [2.05, 4.69) is 4.98 Å². The van der Waals surface area contributed by atoms with E-state index < -0.39 is 23.5 Å². The largest absolute Gasteiger partial charge is 0.503 e. The van der Waals surface area contributed by atoms with E-state index in [1.54, 1.807) is 60.8 Å². The van der Waals surface area contributed by atoms with Gasteiger partial charge in [-0.1, -0.05) is 29.8 Å². The first kappa shape index (κ1) is 22.5. The van der Waals surface area contributed by atoms with Crippen molar-refractivity contribution in [1.82, 2.24) is 4.98 Å². The highest BCUT2D eigenvalue weighted by molar-refractivity contribution is 6.31. The first-order chi connectivity index (χ1) is 16.9. The number of aliphatic hydroxyl groups excluding tert-OH is 1. The molecular formula is C26H19ClN2O6. The van der Waals surface area contributed by atoms with Crippen LogP contribution < -0.4 is 14.4 Å². The number of anilines is 1. The summed E-state index contributed by atoms with van der Waals surface area (Å²) in [6, 6.07) is 15.6. The Balaban J connectivity index is 1.68. The second-order valence-corrected chi connectivity index (χ2v) is 8.17. The van der Waals surface area contributed by atoms with Crippen LogP contribution in [0.4, 0.5) is 5.69 Å². The van der Waals surface area contributed by atoms with E-state index in [1.165, 1.54) is 25.2 Å². The Labute approximate surface area is 205 Å². The third kappa shape index (κ3) is 3.68. The number of ether oxygens (including phenoxy) is 2. The fourth-order valence-corrected chi connectivity index (χ4v) is 4.43. The van der Waals surface area contributed by atoms with Crippen LogP contribution in [0, 0.1) is 0 Å². The summed E-state index contributed by atoms with van der Waals surface area (Å²) in [6.07, 6.45) is 1.55. The number of fused-ring (bicyclic) bond motifs is 1. The van der Waals surface area contributed by atoms with Gasteiger partial charge in [0.2, 0.25) is 5.78 Å². The Kier molecular flexibility index (Phi) is 5.66. The number of aliphatic hydroxyl groups is 1. The van der Waals surface area contributed by atoms with Gasteiger partial charge in [-0.25, -0.2) is 0 Å². The van der Waals surface area contributed by atoms with Gasteiger partial charge in [0, 0.05) is 22.7 Å². The highest BCUT2D eigenvalue weighted by Gasteiger charge is 2.46. The third-order valence-corrected chi connectivity index (χ3v) is 5.97. The van der Waals surface area contributed by atoms with Gasteiger partial charge in [0.05, 0.1) is 31.2 Å². The summed E-state index contributed by atoms with van der Waals surface area (Å²) in [5.41, 5.74) is 0.920. The van der Waals surface area contributed by atoms with Crippen LogP contribution in [0.1, 0.15) is 22.3 Å². The number of amides is 1. The van der Waals surface area contributed by atoms with Gasteiger partial charge in [0.25, 0.3) is 5.91 Å². The fourth-order valence-electron chi connectivity index (χ4n) is 4.21. The Morgan fingerprint density at radius 2 is 1.80 bits per heavy atom. The summed E-state index contributed by atoms with van der Waals surface area (Å²) < 4.78 is 16.6. The zero-order chi connectivity index (χ0) is 24.7. The van der Waals surface area contributed by atoms with Crippen LogP contribution in [0.3, 0.4) is 0 Å². The molecule has 0 fully saturated rings. The Bertz CT molecular complexity index is 1490. The molecule has 1 atom stereocenters. The number of para-hydroxylation sites is 2. The number of hydrogen-bond donors (Lipinski definition) is 1. The van der Waals surface area contributed by atoms with Gasteiger partial charge in [0.1, 0.15) is 11.8 Å². The standard InChI is InChI=1S/C26H19ClN2O6/c1-33-18-9-4-3-8-17(18)29-22(16-7-5-6-10-28-16)21(24(31)26(29)32)23(30)19-12-14-11-15(27)13-20(34-2)25(14)35-19/h3-13,22,31H,1-2H3. The Morgan fingerprint density at radius 3 is 2.51 bits per heavy atom. The van der Waals surface area contributed by atoms with E-state index >= 15 is 0 Å². The lowest BCUT2D eigenvalue weighted by molar-refractivity contribution is -0.117. The summed E-state index contributed by atoms with van der Waals surface area (Å²) in [5.74, 6) is -1.46. The molecule has 3 heterocycles. The molecule has 1 N–H and O–H groups in total. The van der Waals surface area contributed by atoms with Crippen LogP contribution in [0.5, 0.6) is 11.5 Å². The molecule has 0 aliphatic carbocycles. The monoisotopic (exact) mass is 490 g/mol. The number of halogens is 1. The van der Waals surface area contributed by atoms with Gasteiger partial charge >= 0.3 is 0 Å². The number of benzene rings is 2. The van der Waals surface area contributed by atoms with Crippen LogP contribution in [0.15, 0.2) is 82.6 Å². The zero-order valence-corrected chi connectivity index (χ0v) is 19.4. The van der Waals surface area contributed by atoms with Crippen LogP contribution in [0.25, 0.3) is 11.0 Å².